The number of benzene rings is 2. The summed E-state index contributed by atoms with van der Waals surface area (Å²) in [7, 11) is 0. The molecule has 2 aliphatic rings. The highest BCUT2D eigenvalue weighted by Crippen LogP contribution is 2.33. The molecule has 172 valence electrons. The molecule has 33 heavy (non-hydrogen) atoms. The maximum atomic E-state index is 12.8. The molecule has 6 heteroatoms. The molecule has 0 spiro atoms. The van der Waals surface area contributed by atoms with Crippen molar-refractivity contribution in [1.29, 1.82) is 0 Å². The van der Waals surface area contributed by atoms with E-state index in [2.05, 4.69) is 24.3 Å². The molecule has 2 aromatic rings. The molecule has 0 saturated carbocycles. The molecule has 0 unspecified atom stereocenters. The molecular formula is C27H30N2O2S2. The van der Waals surface area contributed by atoms with Gasteiger partial charge in [-0.2, -0.15) is 0 Å². The van der Waals surface area contributed by atoms with Gasteiger partial charge in [0.25, 0.3) is 5.91 Å². The second-order valence-electron chi connectivity index (χ2n) is 8.86. The molecule has 0 aliphatic carbocycles. The van der Waals surface area contributed by atoms with E-state index in [1.165, 1.54) is 22.9 Å². The van der Waals surface area contributed by atoms with Crippen molar-refractivity contribution in [3.63, 3.8) is 0 Å². The highest BCUT2D eigenvalue weighted by molar-refractivity contribution is 8.26. The SMILES string of the molecule is Cc1ccc(C=C2SC(=S)N(CCCC(=O)N3CCC(Cc4ccccc4)CC3)C2=O)cc1. The molecule has 4 nitrogen and oxygen atoms in total. The van der Waals surface area contributed by atoms with Gasteiger partial charge in [0.2, 0.25) is 5.91 Å². The first-order valence-corrected chi connectivity index (χ1v) is 12.9. The van der Waals surface area contributed by atoms with Gasteiger partial charge in [-0.1, -0.05) is 84.1 Å². The highest BCUT2D eigenvalue weighted by Gasteiger charge is 2.32. The summed E-state index contributed by atoms with van der Waals surface area (Å²) < 4.78 is 0.576. The number of aryl methyl sites for hydroxylation is 1. The van der Waals surface area contributed by atoms with Gasteiger partial charge in [-0.15, -0.1) is 0 Å². The fourth-order valence-corrected chi connectivity index (χ4v) is 5.70. The lowest BCUT2D eigenvalue weighted by atomic mass is 9.90. The highest BCUT2D eigenvalue weighted by atomic mass is 32.2. The van der Waals surface area contributed by atoms with Gasteiger partial charge in [0.15, 0.2) is 0 Å². The number of likely N-dealkylation sites (tertiary alicyclic amines) is 1. The van der Waals surface area contributed by atoms with Gasteiger partial charge in [0.05, 0.1) is 4.91 Å². The number of amides is 2. The minimum Gasteiger partial charge on any atom is -0.343 e. The fourth-order valence-electron chi connectivity index (χ4n) is 4.39. The van der Waals surface area contributed by atoms with Crippen LogP contribution in [0.25, 0.3) is 6.08 Å². The van der Waals surface area contributed by atoms with Gasteiger partial charge < -0.3 is 4.90 Å². The van der Waals surface area contributed by atoms with Gasteiger partial charge in [-0.25, -0.2) is 0 Å². The van der Waals surface area contributed by atoms with Crippen molar-refractivity contribution in [3.05, 3.63) is 76.2 Å². The van der Waals surface area contributed by atoms with E-state index in [9.17, 15) is 9.59 Å². The first kappa shape index (κ1) is 23.7. The van der Waals surface area contributed by atoms with Crippen LogP contribution in [-0.2, 0) is 16.0 Å². The molecule has 0 atom stereocenters. The van der Waals surface area contributed by atoms with E-state index in [0.29, 0.717) is 34.5 Å². The van der Waals surface area contributed by atoms with Gasteiger partial charge in [-0.05, 0) is 55.7 Å². The molecule has 0 aromatic heterocycles. The van der Waals surface area contributed by atoms with Crippen LogP contribution in [0.1, 0.15) is 42.4 Å². The zero-order valence-electron chi connectivity index (χ0n) is 19.0. The summed E-state index contributed by atoms with van der Waals surface area (Å²) in [4.78, 5) is 29.8. The van der Waals surface area contributed by atoms with Crippen LogP contribution in [-0.4, -0.2) is 45.6 Å². The Morgan fingerprint density at radius 1 is 1.09 bits per heavy atom. The number of rotatable bonds is 7. The van der Waals surface area contributed by atoms with Crippen molar-refractivity contribution in [2.75, 3.05) is 19.6 Å². The Labute approximate surface area is 206 Å². The molecule has 2 aliphatic heterocycles. The lowest BCUT2D eigenvalue weighted by Gasteiger charge is -2.32. The fraction of sp³-hybridized carbons (Fsp3) is 0.370. The predicted molar refractivity (Wildman–Crippen MR) is 140 cm³/mol. The number of nitrogens with zero attached hydrogens (tertiary/aromatic N) is 2. The summed E-state index contributed by atoms with van der Waals surface area (Å²) in [5.41, 5.74) is 3.55. The third-order valence-corrected chi connectivity index (χ3v) is 7.73. The van der Waals surface area contributed by atoms with Crippen LogP contribution < -0.4 is 0 Å². The summed E-state index contributed by atoms with van der Waals surface area (Å²) in [6, 6.07) is 18.7. The molecule has 2 aromatic carbocycles. The first-order valence-electron chi connectivity index (χ1n) is 11.6. The zero-order valence-corrected chi connectivity index (χ0v) is 20.7. The molecule has 0 bridgehead atoms. The van der Waals surface area contributed by atoms with Crippen LogP contribution in [0.2, 0.25) is 0 Å². The average molecular weight is 479 g/mol. The van der Waals surface area contributed by atoms with Crippen molar-refractivity contribution < 1.29 is 9.59 Å². The summed E-state index contributed by atoms with van der Waals surface area (Å²) >= 11 is 6.78. The largest absolute Gasteiger partial charge is 0.343 e. The van der Waals surface area contributed by atoms with Gasteiger partial charge in [0, 0.05) is 26.1 Å². The minimum absolute atomic E-state index is 0.0558. The Bertz CT molecular complexity index is 1030. The summed E-state index contributed by atoms with van der Waals surface area (Å²) in [6.07, 6.45) is 6.18. The van der Waals surface area contributed by atoms with Crippen molar-refractivity contribution >= 4 is 46.2 Å². The van der Waals surface area contributed by atoms with E-state index in [4.69, 9.17) is 12.2 Å². The number of carbonyl (C=O) groups is 2. The number of thiocarbonyl (C=S) groups is 1. The quantitative estimate of drug-likeness (QED) is 0.392. The molecule has 2 amide bonds. The normalized spacial score (nSPS) is 18.4. The third-order valence-electron chi connectivity index (χ3n) is 6.36. The van der Waals surface area contributed by atoms with Crippen molar-refractivity contribution in [1.82, 2.24) is 9.80 Å². The van der Waals surface area contributed by atoms with Crippen LogP contribution in [0.3, 0.4) is 0 Å². The topological polar surface area (TPSA) is 40.6 Å². The van der Waals surface area contributed by atoms with E-state index < -0.39 is 0 Å². The molecule has 2 fully saturated rings. The second-order valence-corrected chi connectivity index (χ2v) is 10.5. The summed E-state index contributed by atoms with van der Waals surface area (Å²) in [6.45, 7) is 4.19. The van der Waals surface area contributed by atoms with Gasteiger partial charge in [0.1, 0.15) is 4.32 Å². The van der Waals surface area contributed by atoms with Gasteiger partial charge >= 0.3 is 0 Å². The van der Waals surface area contributed by atoms with Crippen molar-refractivity contribution in [2.45, 2.75) is 39.0 Å². The van der Waals surface area contributed by atoms with Crippen LogP contribution >= 0.6 is 24.0 Å². The van der Waals surface area contributed by atoms with Crippen molar-refractivity contribution in [3.8, 4) is 0 Å². The Morgan fingerprint density at radius 2 is 1.79 bits per heavy atom. The molecule has 0 radical (unpaired) electrons. The summed E-state index contributed by atoms with van der Waals surface area (Å²) in [5, 5.41) is 0. The number of thioether (sulfide) groups is 1. The smallest absolute Gasteiger partial charge is 0.266 e. The van der Waals surface area contributed by atoms with E-state index >= 15 is 0 Å². The average Bonchev–Trinajstić information content (AvgIpc) is 3.09. The Kier molecular flexibility index (Phi) is 7.99. The van der Waals surface area contributed by atoms with Gasteiger partial charge in [-0.3, -0.25) is 14.5 Å². The third kappa shape index (κ3) is 6.33. The number of piperidine rings is 1. The number of hydrogen-bond acceptors (Lipinski definition) is 4. The maximum Gasteiger partial charge on any atom is 0.266 e. The van der Waals surface area contributed by atoms with E-state index in [0.717, 1.165) is 37.9 Å². The monoisotopic (exact) mass is 478 g/mol. The summed E-state index contributed by atoms with van der Waals surface area (Å²) in [5.74, 6) is 0.778. The first-order chi connectivity index (χ1) is 16.0. The maximum absolute atomic E-state index is 12.8. The Balaban J connectivity index is 1.21. The zero-order chi connectivity index (χ0) is 23.2. The van der Waals surface area contributed by atoms with Crippen LogP contribution in [0.15, 0.2) is 59.5 Å². The number of hydrogen-bond donors (Lipinski definition) is 0. The van der Waals surface area contributed by atoms with E-state index in [1.807, 2.05) is 48.2 Å². The van der Waals surface area contributed by atoms with Crippen LogP contribution in [0.4, 0.5) is 0 Å². The Hall–Kier alpha value is -2.44. The Morgan fingerprint density at radius 3 is 2.48 bits per heavy atom. The molecule has 4 rings (SSSR count). The molecule has 2 saturated heterocycles. The molecule has 2 heterocycles. The molecular weight excluding hydrogens is 448 g/mol. The predicted octanol–water partition coefficient (Wildman–Crippen LogP) is 5.46. The van der Waals surface area contributed by atoms with E-state index in [-0.39, 0.29) is 11.8 Å². The minimum atomic E-state index is -0.0558. The lowest BCUT2D eigenvalue weighted by Crippen LogP contribution is -2.39. The van der Waals surface area contributed by atoms with Crippen LogP contribution in [0.5, 0.6) is 0 Å². The van der Waals surface area contributed by atoms with E-state index in [1.54, 1.807) is 4.90 Å². The number of carbonyl (C=O) groups excluding carboxylic acids is 2. The van der Waals surface area contributed by atoms with Crippen LogP contribution in [0, 0.1) is 12.8 Å². The molecule has 0 N–H and O–H groups in total. The van der Waals surface area contributed by atoms with Crippen molar-refractivity contribution in [2.24, 2.45) is 5.92 Å². The standard InChI is InChI=1S/C27H30N2O2S2/c1-20-9-11-22(12-10-20)19-24-26(31)29(27(32)33-24)15-5-8-25(30)28-16-13-23(14-17-28)18-21-6-3-2-4-7-21/h2-4,6-7,9-12,19,23H,5,8,13-18H2,1H3. The lowest BCUT2D eigenvalue weighted by molar-refractivity contribution is -0.133. The second kappa shape index (κ2) is 11.1.